The quantitative estimate of drug-likeness (QED) is 0.640. The van der Waals surface area contributed by atoms with Gasteiger partial charge in [0.1, 0.15) is 6.54 Å². The largest absolute Gasteiger partial charge is 0.465 e. The minimum atomic E-state index is -0.414. The van der Waals surface area contributed by atoms with Crippen LogP contribution in [0.2, 0.25) is 0 Å². The maximum Gasteiger partial charge on any atom is 0.326 e. The molecule has 0 atom stereocenters. The van der Waals surface area contributed by atoms with Crippen LogP contribution < -0.4 is 5.56 Å². The van der Waals surface area contributed by atoms with Gasteiger partial charge in [0.25, 0.3) is 5.56 Å². The highest BCUT2D eigenvalue weighted by molar-refractivity contribution is 5.69. The zero-order chi connectivity index (χ0) is 18.4. The van der Waals surface area contributed by atoms with E-state index in [0.29, 0.717) is 12.2 Å². The Bertz CT molecular complexity index is 877. The lowest BCUT2D eigenvalue weighted by Gasteiger charge is -2.19. The van der Waals surface area contributed by atoms with Gasteiger partial charge in [0.05, 0.1) is 6.61 Å². The van der Waals surface area contributed by atoms with Gasteiger partial charge in [-0.15, -0.1) is 0 Å². The first-order chi connectivity index (χ1) is 12.7. The smallest absolute Gasteiger partial charge is 0.326 e. The van der Waals surface area contributed by atoms with Crippen molar-refractivity contribution < 1.29 is 9.53 Å². The molecule has 132 valence electrons. The number of pyridine rings is 1. The van der Waals surface area contributed by atoms with Gasteiger partial charge in [-0.25, -0.2) is 0 Å². The van der Waals surface area contributed by atoms with Crippen molar-refractivity contribution in [2.75, 3.05) is 6.61 Å². The Morgan fingerprint density at radius 2 is 1.50 bits per heavy atom. The van der Waals surface area contributed by atoms with E-state index in [2.05, 4.69) is 0 Å². The zero-order valence-corrected chi connectivity index (χ0v) is 14.7. The average Bonchev–Trinajstić information content (AvgIpc) is 2.67. The van der Waals surface area contributed by atoms with E-state index in [1.807, 2.05) is 66.7 Å². The van der Waals surface area contributed by atoms with Gasteiger partial charge in [0.15, 0.2) is 0 Å². The van der Waals surface area contributed by atoms with Crippen molar-refractivity contribution >= 4 is 5.97 Å². The number of carbonyl (C=O) groups excluding carboxylic acids is 1. The first kappa shape index (κ1) is 17.7. The molecule has 26 heavy (non-hydrogen) atoms. The lowest BCUT2D eigenvalue weighted by Crippen LogP contribution is -2.29. The molecule has 3 rings (SSSR count). The summed E-state index contributed by atoms with van der Waals surface area (Å²) in [6, 6.07) is 23.4. The molecule has 0 fully saturated rings. The van der Waals surface area contributed by atoms with Gasteiger partial charge in [-0.05, 0) is 24.1 Å². The molecular formula is C22H21NO3. The van der Waals surface area contributed by atoms with Gasteiger partial charge in [0, 0.05) is 17.7 Å². The Morgan fingerprint density at radius 3 is 2.04 bits per heavy atom. The second-order valence-electron chi connectivity index (χ2n) is 5.96. The number of aromatic nitrogens is 1. The molecule has 1 heterocycles. The summed E-state index contributed by atoms with van der Waals surface area (Å²) in [6.45, 7) is 1.96. The second-order valence-corrected chi connectivity index (χ2v) is 5.96. The first-order valence-corrected chi connectivity index (χ1v) is 8.65. The van der Waals surface area contributed by atoms with Crippen molar-refractivity contribution in [3.63, 3.8) is 0 Å². The highest BCUT2D eigenvalue weighted by atomic mass is 16.5. The zero-order valence-electron chi connectivity index (χ0n) is 14.7. The van der Waals surface area contributed by atoms with Crippen LogP contribution in [-0.2, 0) is 16.1 Å². The van der Waals surface area contributed by atoms with Crippen LogP contribution in [0.15, 0.2) is 83.8 Å². The molecule has 0 spiro atoms. The molecule has 0 radical (unpaired) electrons. The number of ether oxygens (including phenoxy) is 1. The van der Waals surface area contributed by atoms with Gasteiger partial charge >= 0.3 is 5.97 Å². The maximum absolute atomic E-state index is 13.1. The van der Waals surface area contributed by atoms with Crippen LogP contribution >= 0.6 is 0 Å². The van der Waals surface area contributed by atoms with E-state index in [1.54, 1.807) is 19.2 Å². The molecule has 0 amide bonds. The molecule has 0 N–H and O–H groups in total. The predicted molar refractivity (Wildman–Crippen MR) is 101 cm³/mol. The standard InChI is InChI=1S/C22H21NO3/c1-2-26-20(24)16-23-15-9-14-19(22(23)25)21(17-10-5-3-6-11-17)18-12-7-4-8-13-18/h3-15,21H,2,16H2,1H3. The molecule has 1 aromatic heterocycles. The molecule has 3 aromatic rings. The summed E-state index contributed by atoms with van der Waals surface area (Å²) in [5.74, 6) is -0.609. The maximum atomic E-state index is 13.1. The fourth-order valence-electron chi connectivity index (χ4n) is 3.09. The fourth-order valence-corrected chi connectivity index (χ4v) is 3.09. The summed E-state index contributed by atoms with van der Waals surface area (Å²) in [5.41, 5.74) is 2.52. The van der Waals surface area contributed by atoms with E-state index >= 15 is 0 Å². The lowest BCUT2D eigenvalue weighted by atomic mass is 9.86. The topological polar surface area (TPSA) is 48.3 Å². The number of nitrogens with zero attached hydrogens (tertiary/aromatic N) is 1. The normalized spacial score (nSPS) is 10.7. The molecule has 0 aliphatic carbocycles. The number of esters is 1. The van der Waals surface area contributed by atoms with Crippen LogP contribution in [0, 0.1) is 0 Å². The van der Waals surface area contributed by atoms with Gasteiger partial charge in [-0.2, -0.15) is 0 Å². The van der Waals surface area contributed by atoms with E-state index in [-0.39, 0.29) is 18.0 Å². The number of hydrogen-bond donors (Lipinski definition) is 0. The monoisotopic (exact) mass is 347 g/mol. The van der Waals surface area contributed by atoms with Crippen molar-refractivity contribution in [2.45, 2.75) is 19.4 Å². The third kappa shape index (κ3) is 3.91. The Morgan fingerprint density at radius 1 is 0.923 bits per heavy atom. The van der Waals surface area contributed by atoms with Crippen LogP contribution in [0.4, 0.5) is 0 Å². The first-order valence-electron chi connectivity index (χ1n) is 8.65. The van der Waals surface area contributed by atoms with E-state index in [1.165, 1.54) is 4.57 Å². The second kappa shape index (κ2) is 8.30. The van der Waals surface area contributed by atoms with E-state index in [0.717, 1.165) is 11.1 Å². The Hall–Kier alpha value is -3.14. The molecule has 0 bridgehead atoms. The number of benzene rings is 2. The summed E-state index contributed by atoms with van der Waals surface area (Å²) in [4.78, 5) is 24.9. The van der Waals surface area contributed by atoms with Crippen LogP contribution in [0.3, 0.4) is 0 Å². The number of hydrogen-bond acceptors (Lipinski definition) is 3. The van der Waals surface area contributed by atoms with Crippen LogP contribution in [0.25, 0.3) is 0 Å². The molecule has 0 aliphatic rings. The molecule has 0 aliphatic heterocycles. The molecule has 0 saturated heterocycles. The predicted octanol–water partition coefficient (Wildman–Crippen LogP) is 3.59. The minimum absolute atomic E-state index is 0.0865. The lowest BCUT2D eigenvalue weighted by molar-refractivity contribution is -0.143. The summed E-state index contributed by atoms with van der Waals surface area (Å²) < 4.78 is 6.38. The Balaban J connectivity index is 2.08. The van der Waals surface area contributed by atoms with Crippen molar-refractivity contribution in [1.29, 1.82) is 0 Å². The molecule has 4 heteroatoms. The molecule has 2 aromatic carbocycles. The van der Waals surface area contributed by atoms with Gasteiger partial charge < -0.3 is 9.30 Å². The third-order valence-corrected chi connectivity index (χ3v) is 4.23. The van der Waals surface area contributed by atoms with Crippen molar-refractivity contribution in [3.8, 4) is 0 Å². The fraction of sp³-hybridized carbons (Fsp3) is 0.182. The minimum Gasteiger partial charge on any atom is -0.465 e. The van der Waals surface area contributed by atoms with Gasteiger partial charge in [0.2, 0.25) is 0 Å². The average molecular weight is 347 g/mol. The molecule has 0 unspecified atom stereocenters. The van der Waals surface area contributed by atoms with Crippen molar-refractivity contribution in [3.05, 3.63) is 106 Å². The van der Waals surface area contributed by atoms with Crippen LogP contribution in [0.1, 0.15) is 29.5 Å². The third-order valence-electron chi connectivity index (χ3n) is 4.23. The van der Waals surface area contributed by atoms with E-state index in [4.69, 9.17) is 4.74 Å². The van der Waals surface area contributed by atoms with Gasteiger partial charge in [-0.3, -0.25) is 9.59 Å². The van der Waals surface area contributed by atoms with Crippen LogP contribution in [0.5, 0.6) is 0 Å². The molecule has 4 nitrogen and oxygen atoms in total. The summed E-state index contributed by atoms with van der Waals surface area (Å²) in [5, 5.41) is 0. The highest BCUT2D eigenvalue weighted by Crippen LogP contribution is 2.29. The summed E-state index contributed by atoms with van der Waals surface area (Å²) >= 11 is 0. The van der Waals surface area contributed by atoms with Crippen molar-refractivity contribution in [2.24, 2.45) is 0 Å². The number of carbonyl (C=O) groups is 1. The molecular weight excluding hydrogens is 326 g/mol. The van der Waals surface area contributed by atoms with E-state index < -0.39 is 5.97 Å². The van der Waals surface area contributed by atoms with Crippen molar-refractivity contribution in [1.82, 2.24) is 4.57 Å². The van der Waals surface area contributed by atoms with E-state index in [9.17, 15) is 9.59 Å². The SMILES string of the molecule is CCOC(=O)Cn1cccc(C(c2ccccc2)c2ccccc2)c1=O. The van der Waals surface area contributed by atoms with Gasteiger partial charge in [-0.1, -0.05) is 66.7 Å². The Labute approximate surface area is 152 Å². The Kier molecular flexibility index (Phi) is 5.64. The summed E-state index contributed by atoms with van der Waals surface area (Å²) in [7, 11) is 0. The highest BCUT2D eigenvalue weighted by Gasteiger charge is 2.20. The number of rotatable bonds is 6. The van der Waals surface area contributed by atoms with Crippen LogP contribution in [-0.4, -0.2) is 17.1 Å². The summed E-state index contributed by atoms with van der Waals surface area (Å²) in [6.07, 6.45) is 1.62. The molecule has 0 saturated carbocycles.